The van der Waals surface area contributed by atoms with E-state index in [1.54, 1.807) is 7.11 Å². The van der Waals surface area contributed by atoms with E-state index in [-0.39, 0.29) is 23.8 Å². The van der Waals surface area contributed by atoms with Crippen molar-refractivity contribution in [3.05, 3.63) is 29.3 Å². The van der Waals surface area contributed by atoms with Crippen LogP contribution in [0.1, 0.15) is 62.1 Å². The normalized spacial score (nSPS) is 23.3. The van der Waals surface area contributed by atoms with Gasteiger partial charge in [0.05, 0.1) is 13.2 Å². The summed E-state index contributed by atoms with van der Waals surface area (Å²) in [7, 11) is 1.69. The van der Waals surface area contributed by atoms with E-state index in [9.17, 15) is 9.59 Å². The Morgan fingerprint density at radius 3 is 2.48 bits per heavy atom. The van der Waals surface area contributed by atoms with Crippen LogP contribution in [0.25, 0.3) is 0 Å². The molecular formula is C22H30N2O3. The summed E-state index contributed by atoms with van der Waals surface area (Å²) in [6, 6.07) is 6.27. The largest absolute Gasteiger partial charge is 0.497 e. The highest BCUT2D eigenvalue weighted by Crippen LogP contribution is 2.33. The van der Waals surface area contributed by atoms with Crippen molar-refractivity contribution in [2.24, 2.45) is 11.8 Å². The number of carbonyl (C=O) groups excluding carboxylic acids is 2. The highest BCUT2D eigenvalue weighted by molar-refractivity contribution is 5.81. The number of hydrogen-bond donors (Lipinski definition) is 1. The minimum Gasteiger partial charge on any atom is -0.497 e. The molecular weight excluding hydrogens is 340 g/mol. The van der Waals surface area contributed by atoms with Crippen LogP contribution in [0, 0.1) is 11.8 Å². The van der Waals surface area contributed by atoms with Gasteiger partial charge >= 0.3 is 0 Å². The second kappa shape index (κ2) is 7.91. The van der Waals surface area contributed by atoms with E-state index in [4.69, 9.17) is 4.74 Å². The van der Waals surface area contributed by atoms with Gasteiger partial charge in [-0.1, -0.05) is 12.5 Å². The average molecular weight is 370 g/mol. The lowest BCUT2D eigenvalue weighted by Crippen LogP contribution is -2.46. The average Bonchev–Trinajstić information content (AvgIpc) is 2.66. The molecule has 1 saturated carbocycles. The molecule has 1 saturated heterocycles. The van der Waals surface area contributed by atoms with Gasteiger partial charge < -0.3 is 15.0 Å². The van der Waals surface area contributed by atoms with Crippen LogP contribution in [0.2, 0.25) is 0 Å². The van der Waals surface area contributed by atoms with Crippen molar-refractivity contribution >= 4 is 11.8 Å². The predicted octanol–water partition coefficient (Wildman–Crippen LogP) is 3.23. The summed E-state index contributed by atoms with van der Waals surface area (Å²) in [6.07, 6.45) is 7.96. The minimum atomic E-state index is 0.0269. The number of fused-ring (bicyclic) bond motifs is 1. The molecule has 2 aliphatic carbocycles. The molecule has 1 atom stereocenters. The number of amides is 2. The molecule has 5 nitrogen and oxygen atoms in total. The standard InChI is InChI=1S/C22H30N2O3/c1-27-18-8-9-19-17(14-18)6-3-7-20(19)23-21(25)15-10-12-24(13-11-15)22(26)16-4-2-5-16/h8-9,14-16,20H,2-7,10-13H2,1H3,(H,23,25). The lowest BCUT2D eigenvalue weighted by atomic mass is 9.83. The Kier molecular flexibility index (Phi) is 5.37. The SMILES string of the molecule is COc1ccc2c(c1)CCCC2NC(=O)C1CCN(C(=O)C2CCC2)CC1. The Balaban J connectivity index is 1.33. The second-order valence-corrected chi connectivity index (χ2v) is 8.25. The number of rotatable bonds is 4. The second-order valence-electron chi connectivity index (χ2n) is 8.25. The summed E-state index contributed by atoms with van der Waals surface area (Å²) < 4.78 is 5.33. The van der Waals surface area contributed by atoms with E-state index in [0.717, 1.165) is 63.8 Å². The Morgan fingerprint density at radius 2 is 1.81 bits per heavy atom. The van der Waals surface area contributed by atoms with E-state index in [1.807, 2.05) is 11.0 Å². The summed E-state index contributed by atoms with van der Waals surface area (Å²) in [5, 5.41) is 3.29. The molecule has 0 aromatic heterocycles. The molecule has 4 rings (SSSR count). The molecule has 1 unspecified atom stereocenters. The number of piperidine rings is 1. The van der Waals surface area contributed by atoms with Crippen molar-refractivity contribution in [1.82, 2.24) is 10.2 Å². The molecule has 3 aliphatic rings. The zero-order chi connectivity index (χ0) is 18.8. The highest BCUT2D eigenvalue weighted by atomic mass is 16.5. The summed E-state index contributed by atoms with van der Waals surface area (Å²) in [6.45, 7) is 1.46. The highest BCUT2D eigenvalue weighted by Gasteiger charge is 2.34. The maximum Gasteiger partial charge on any atom is 0.225 e. The van der Waals surface area contributed by atoms with Crippen molar-refractivity contribution in [1.29, 1.82) is 0 Å². The van der Waals surface area contributed by atoms with Gasteiger partial charge in [0.25, 0.3) is 0 Å². The van der Waals surface area contributed by atoms with Gasteiger partial charge in [0.2, 0.25) is 11.8 Å². The quantitative estimate of drug-likeness (QED) is 0.885. The summed E-state index contributed by atoms with van der Waals surface area (Å²) in [5.74, 6) is 1.63. The molecule has 1 aromatic carbocycles. The molecule has 2 amide bonds. The zero-order valence-corrected chi connectivity index (χ0v) is 16.2. The Hall–Kier alpha value is -2.04. The molecule has 0 spiro atoms. The molecule has 2 fully saturated rings. The van der Waals surface area contributed by atoms with Gasteiger partial charge in [-0.15, -0.1) is 0 Å². The van der Waals surface area contributed by atoms with Crippen LogP contribution in [-0.4, -0.2) is 36.9 Å². The number of aryl methyl sites for hydroxylation is 1. The summed E-state index contributed by atoms with van der Waals surface area (Å²) in [4.78, 5) is 27.2. The fraction of sp³-hybridized carbons (Fsp3) is 0.636. The lowest BCUT2D eigenvalue weighted by Gasteiger charge is -2.36. The third-order valence-electron chi connectivity index (χ3n) is 6.61. The molecule has 0 radical (unpaired) electrons. The van der Waals surface area contributed by atoms with Crippen LogP contribution in [0.4, 0.5) is 0 Å². The van der Waals surface area contributed by atoms with E-state index in [2.05, 4.69) is 17.4 Å². The van der Waals surface area contributed by atoms with Crippen LogP contribution in [0.15, 0.2) is 18.2 Å². The first-order valence-electron chi connectivity index (χ1n) is 10.4. The number of carbonyl (C=O) groups is 2. The number of nitrogens with one attached hydrogen (secondary N) is 1. The maximum atomic E-state index is 12.8. The fourth-order valence-electron chi connectivity index (χ4n) is 4.63. The smallest absolute Gasteiger partial charge is 0.225 e. The summed E-state index contributed by atoms with van der Waals surface area (Å²) >= 11 is 0. The topological polar surface area (TPSA) is 58.6 Å². The number of hydrogen-bond acceptors (Lipinski definition) is 3. The van der Waals surface area contributed by atoms with Crippen molar-refractivity contribution in [2.45, 2.75) is 57.4 Å². The molecule has 27 heavy (non-hydrogen) atoms. The van der Waals surface area contributed by atoms with Gasteiger partial charge in [-0.25, -0.2) is 0 Å². The van der Waals surface area contributed by atoms with Crippen LogP contribution in [0.5, 0.6) is 5.75 Å². The molecule has 0 bridgehead atoms. The molecule has 5 heteroatoms. The number of ether oxygens (including phenoxy) is 1. The van der Waals surface area contributed by atoms with E-state index in [0.29, 0.717) is 5.91 Å². The van der Waals surface area contributed by atoms with Crippen LogP contribution < -0.4 is 10.1 Å². The third-order valence-corrected chi connectivity index (χ3v) is 6.61. The monoisotopic (exact) mass is 370 g/mol. The van der Waals surface area contributed by atoms with Gasteiger partial charge in [0.15, 0.2) is 0 Å². The number of benzene rings is 1. The first-order valence-corrected chi connectivity index (χ1v) is 10.4. The Bertz CT molecular complexity index is 706. The maximum absolute atomic E-state index is 12.8. The van der Waals surface area contributed by atoms with Crippen LogP contribution >= 0.6 is 0 Å². The first kappa shape index (κ1) is 18.3. The van der Waals surface area contributed by atoms with Crippen molar-refractivity contribution in [3.8, 4) is 5.75 Å². The number of methoxy groups -OCH3 is 1. The predicted molar refractivity (Wildman–Crippen MR) is 103 cm³/mol. The molecule has 1 heterocycles. The zero-order valence-electron chi connectivity index (χ0n) is 16.2. The lowest BCUT2D eigenvalue weighted by molar-refractivity contribution is -0.141. The molecule has 1 aromatic rings. The van der Waals surface area contributed by atoms with Gasteiger partial charge in [-0.2, -0.15) is 0 Å². The molecule has 146 valence electrons. The third kappa shape index (κ3) is 3.83. The van der Waals surface area contributed by atoms with Crippen LogP contribution in [-0.2, 0) is 16.0 Å². The number of nitrogens with zero attached hydrogens (tertiary/aromatic N) is 1. The fourth-order valence-corrected chi connectivity index (χ4v) is 4.63. The summed E-state index contributed by atoms with van der Waals surface area (Å²) in [5.41, 5.74) is 2.51. The molecule has 1 N–H and O–H groups in total. The Morgan fingerprint density at radius 1 is 1.04 bits per heavy atom. The Labute approximate surface area is 161 Å². The van der Waals surface area contributed by atoms with E-state index in [1.165, 1.54) is 17.5 Å². The van der Waals surface area contributed by atoms with Crippen molar-refractivity contribution < 1.29 is 14.3 Å². The van der Waals surface area contributed by atoms with Gasteiger partial charge in [-0.3, -0.25) is 9.59 Å². The van der Waals surface area contributed by atoms with E-state index >= 15 is 0 Å². The minimum absolute atomic E-state index is 0.0269. The van der Waals surface area contributed by atoms with Gasteiger partial charge in [0.1, 0.15) is 5.75 Å². The van der Waals surface area contributed by atoms with Gasteiger partial charge in [-0.05, 0) is 68.2 Å². The van der Waals surface area contributed by atoms with Crippen molar-refractivity contribution in [2.75, 3.05) is 20.2 Å². The van der Waals surface area contributed by atoms with Crippen molar-refractivity contribution in [3.63, 3.8) is 0 Å². The van der Waals surface area contributed by atoms with Gasteiger partial charge in [0, 0.05) is 24.9 Å². The van der Waals surface area contributed by atoms with Crippen LogP contribution in [0.3, 0.4) is 0 Å². The number of likely N-dealkylation sites (tertiary alicyclic amines) is 1. The van der Waals surface area contributed by atoms with E-state index < -0.39 is 0 Å². The molecule has 1 aliphatic heterocycles. The first-order chi connectivity index (χ1) is 13.2.